The van der Waals surface area contributed by atoms with E-state index in [0.29, 0.717) is 0 Å². The van der Waals surface area contributed by atoms with E-state index < -0.39 is 18.1 Å². The molecule has 0 saturated carbocycles. The molecule has 0 aliphatic rings. The second-order valence-corrected chi connectivity index (χ2v) is 3.12. The summed E-state index contributed by atoms with van der Waals surface area (Å²) in [6.07, 6.45) is -1.88. The van der Waals surface area contributed by atoms with E-state index in [-0.39, 0.29) is 5.92 Å². The predicted octanol–water partition coefficient (Wildman–Crippen LogP) is 0.126. The van der Waals surface area contributed by atoms with Gasteiger partial charge in [0.25, 0.3) is 5.91 Å². The van der Waals surface area contributed by atoms with Gasteiger partial charge in [0.1, 0.15) is 0 Å². The monoisotopic (exact) mass is 204 g/mol. The molecule has 0 spiro atoms. The molecule has 6 heteroatoms. The summed E-state index contributed by atoms with van der Waals surface area (Å²) < 4.78 is 4.66. The number of amides is 2. The van der Waals surface area contributed by atoms with Crippen LogP contribution in [0.25, 0.3) is 0 Å². The molecule has 0 aliphatic carbocycles. The average Bonchev–Trinajstić information content (AvgIpc) is 2.11. The van der Waals surface area contributed by atoms with Crippen LogP contribution >= 0.6 is 0 Å². The highest BCUT2D eigenvalue weighted by atomic mass is 16.7. The van der Waals surface area contributed by atoms with Gasteiger partial charge in [0.05, 0.1) is 7.11 Å². The quantitative estimate of drug-likeness (QED) is 0.660. The third-order valence-corrected chi connectivity index (χ3v) is 1.68. The van der Waals surface area contributed by atoms with Gasteiger partial charge in [0.2, 0.25) is 0 Å². The van der Waals surface area contributed by atoms with Gasteiger partial charge in [0, 0.05) is 7.05 Å². The maximum atomic E-state index is 11.5. The first kappa shape index (κ1) is 12.7. The molecule has 82 valence electrons. The molecule has 14 heavy (non-hydrogen) atoms. The fraction of sp³-hybridized carbons (Fsp3) is 0.750. The summed E-state index contributed by atoms with van der Waals surface area (Å²) in [5, 5.41) is 0.994. The number of hydrogen-bond acceptors (Lipinski definition) is 4. The van der Waals surface area contributed by atoms with Crippen LogP contribution in [0.5, 0.6) is 0 Å². The maximum absolute atomic E-state index is 11.5. The highest BCUT2D eigenvalue weighted by Crippen LogP contribution is 2.09. The minimum atomic E-state index is -0.971. The molecule has 1 atom stereocenters. The first-order chi connectivity index (χ1) is 6.40. The zero-order valence-corrected chi connectivity index (χ0v) is 8.81. The molecular formula is C8H16N2O4. The van der Waals surface area contributed by atoms with Gasteiger partial charge < -0.3 is 10.5 Å². The Bertz CT molecular complexity index is 217. The Morgan fingerprint density at radius 3 is 2.14 bits per heavy atom. The van der Waals surface area contributed by atoms with E-state index >= 15 is 0 Å². The Morgan fingerprint density at radius 1 is 1.36 bits per heavy atom. The van der Waals surface area contributed by atoms with Crippen LogP contribution in [0.3, 0.4) is 0 Å². The van der Waals surface area contributed by atoms with Crippen molar-refractivity contribution < 1.29 is 19.2 Å². The van der Waals surface area contributed by atoms with Crippen molar-refractivity contribution in [1.29, 1.82) is 0 Å². The van der Waals surface area contributed by atoms with Gasteiger partial charge >= 0.3 is 6.09 Å². The van der Waals surface area contributed by atoms with Crippen molar-refractivity contribution in [1.82, 2.24) is 5.06 Å². The zero-order chi connectivity index (χ0) is 11.3. The third kappa shape index (κ3) is 3.61. The second kappa shape index (κ2) is 5.43. The van der Waals surface area contributed by atoms with Crippen LogP contribution in [-0.4, -0.2) is 37.3 Å². The second-order valence-electron chi connectivity index (χ2n) is 3.12. The molecule has 0 unspecified atom stereocenters. The van der Waals surface area contributed by atoms with E-state index in [0.717, 1.165) is 5.06 Å². The van der Waals surface area contributed by atoms with Gasteiger partial charge in [-0.15, -0.1) is 0 Å². The molecule has 2 N–H and O–H groups in total. The summed E-state index contributed by atoms with van der Waals surface area (Å²) in [6, 6.07) is 0. The standard InChI is InChI=1S/C8H16N2O4/c1-5(2)6(14-8(9)12)7(11)10(3)13-4/h5-6H,1-4H3,(H2,9,12)/t6-/m1/s1. The number of rotatable bonds is 4. The predicted molar refractivity (Wildman–Crippen MR) is 49.1 cm³/mol. The van der Waals surface area contributed by atoms with Crippen molar-refractivity contribution in [3.63, 3.8) is 0 Å². The number of nitrogens with two attached hydrogens (primary N) is 1. The van der Waals surface area contributed by atoms with E-state index in [1.54, 1.807) is 13.8 Å². The fourth-order valence-corrected chi connectivity index (χ4v) is 0.866. The number of ether oxygens (including phenoxy) is 1. The Kier molecular flexibility index (Phi) is 4.93. The summed E-state index contributed by atoms with van der Waals surface area (Å²) in [6.45, 7) is 3.49. The first-order valence-corrected chi connectivity index (χ1v) is 4.18. The van der Waals surface area contributed by atoms with Crippen molar-refractivity contribution in [2.24, 2.45) is 11.7 Å². The minimum absolute atomic E-state index is 0.160. The van der Waals surface area contributed by atoms with Crippen LogP contribution in [0.2, 0.25) is 0 Å². The van der Waals surface area contributed by atoms with E-state index in [1.807, 2.05) is 0 Å². The minimum Gasteiger partial charge on any atom is -0.436 e. The Morgan fingerprint density at radius 2 is 1.86 bits per heavy atom. The number of nitrogens with zero attached hydrogens (tertiary/aromatic N) is 1. The Labute approximate surface area is 82.9 Å². The lowest BCUT2D eigenvalue weighted by Gasteiger charge is -2.23. The highest BCUT2D eigenvalue weighted by molar-refractivity contribution is 5.82. The van der Waals surface area contributed by atoms with Crippen LogP contribution in [0.15, 0.2) is 0 Å². The largest absolute Gasteiger partial charge is 0.436 e. The highest BCUT2D eigenvalue weighted by Gasteiger charge is 2.28. The van der Waals surface area contributed by atoms with Gasteiger partial charge in [-0.2, -0.15) is 0 Å². The number of likely N-dealkylation sites (N-methyl/N-ethyl adjacent to an activating group) is 1. The SMILES string of the molecule is CON(C)C(=O)[C@H](OC(N)=O)C(C)C. The van der Waals surface area contributed by atoms with Crippen LogP contribution < -0.4 is 5.73 Å². The van der Waals surface area contributed by atoms with Crippen LogP contribution in [-0.2, 0) is 14.4 Å². The number of hydrogen-bond donors (Lipinski definition) is 1. The van der Waals surface area contributed by atoms with Crippen LogP contribution in [0.4, 0.5) is 4.79 Å². The van der Waals surface area contributed by atoms with Gasteiger partial charge in [-0.1, -0.05) is 13.8 Å². The number of primary amides is 1. The van der Waals surface area contributed by atoms with E-state index in [4.69, 9.17) is 5.73 Å². The molecule has 0 aromatic carbocycles. The Hall–Kier alpha value is -1.30. The smallest absolute Gasteiger partial charge is 0.405 e. The van der Waals surface area contributed by atoms with Crippen molar-refractivity contribution in [3.05, 3.63) is 0 Å². The molecule has 0 saturated heterocycles. The molecule has 6 nitrogen and oxygen atoms in total. The molecule has 0 rings (SSSR count). The first-order valence-electron chi connectivity index (χ1n) is 4.18. The fourth-order valence-electron chi connectivity index (χ4n) is 0.866. The van der Waals surface area contributed by atoms with Gasteiger partial charge in [-0.25, -0.2) is 9.86 Å². The van der Waals surface area contributed by atoms with Crippen molar-refractivity contribution in [2.75, 3.05) is 14.2 Å². The van der Waals surface area contributed by atoms with Crippen molar-refractivity contribution in [2.45, 2.75) is 20.0 Å². The molecular weight excluding hydrogens is 188 g/mol. The van der Waals surface area contributed by atoms with Gasteiger partial charge in [0.15, 0.2) is 6.10 Å². The normalized spacial score (nSPS) is 12.4. The average molecular weight is 204 g/mol. The number of hydroxylamine groups is 2. The Balaban J connectivity index is 4.49. The molecule has 0 fully saturated rings. The van der Waals surface area contributed by atoms with E-state index in [1.165, 1.54) is 14.2 Å². The molecule has 0 heterocycles. The molecule has 0 aromatic rings. The maximum Gasteiger partial charge on any atom is 0.405 e. The van der Waals surface area contributed by atoms with E-state index in [2.05, 4.69) is 9.57 Å². The zero-order valence-electron chi connectivity index (χ0n) is 8.81. The lowest BCUT2D eigenvalue weighted by Crippen LogP contribution is -2.42. The lowest BCUT2D eigenvalue weighted by molar-refractivity contribution is -0.179. The number of carbonyl (C=O) groups is 2. The van der Waals surface area contributed by atoms with Crippen LogP contribution in [0, 0.1) is 5.92 Å². The summed E-state index contributed by atoms with van der Waals surface area (Å²) in [7, 11) is 2.78. The van der Waals surface area contributed by atoms with Crippen LogP contribution in [0.1, 0.15) is 13.8 Å². The third-order valence-electron chi connectivity index (χ3n) is 1.68. The molecule has 2 amide bonds. The van der Waals surface area contributed by atoms with Crippen molar-refractivity contribution in [3.8, 4) is 0 Å². The molecule has 0 aromatic heterocycles. The summed E-state index contributed by atoms with van der Waals surface area (Å²) >= 11 is 0. The summed E-state index contributed by atoms with van der Waals surface area (Å²) in [4.78, 5) is 26.7. The summed E-state index contributed by atoms with van der Waals surface area (Å²) in [5.41, 5.74) is 4.84. The van der Waals surface area contributed by atoms with Gasteiger partial charge in [-0.05, 0) is 5.92 Å². The molecule has 0 radical (unpaired) electrons. The number of carbonyl (C=O) groups excluding carboxylic acids is 2. The van der Waals surface area contributed by atoms with Gasteiger partial charge in [-0.3, -0.25) is 9.63 Å². The topological polar surface area (TPSA) is 81.9 Å². The van der Waals surface area contributed by atoms with E-state index in [9.17, 15) is 9.59 Å². The lowest BCUT2D eigenvalue weighted by atomic mass is 10.1. The van der Waals surface area contributed by atoms with Crippen molar-refractivity contribution >= 4 is 12.0 Å². The molecule has 0 bridgehead atoms. The molecule has 0 aliphatic heterocycles. The summed E-state index contributed by atoms with van der Waals surface area (Å²) in [5.74, 6) is -0.603.